The second kappa shape index (κ2) is 8.28. The number of alkyl halides is 2. The van der Waals surface area contributed by atoms with Crippen LogP contribution in [0.2, 0.25) is 0 Å². The zero-order valence-corrected chi connectivity index (χ0v) is 11.3. The maximum absolute atomic E-state index is 12.0. The summed E-state index contributed by atoms with van der Waals surface area (Å²) in [6.45, 7) is -0.526. The molecule has 1 aromatic rings. The number of rotatable bonds is 6. The number of hydrogen-bond acceptors (Lipinski definition) is 4. The van der Waals surface area contributed by atoms with Crippen molar-refractivity contribution in [3.63, 3.8) is 0 Å². The van der Waals surface area contributed by atoms with Crippen LogP contribution in [0.25, 0.3) is 0 Å². The fourth-order valence-corrected chi connectivity index (χ4v) is 1.46. The Hall–Kier alpha value is -1.93. The third kappa shape index (κ3) is 5.81. The number of benzene rings is 1. The van der Waals surface area contributed by atoms with Gasteiger partial charge in [-0.1, -0.05) is 0 Å². The number of ether oxygens (including phenoxy) is 2. The van der Waals surface area contributed by atoms with Gasteiger partial charge >= 0.3 is 6.61 Å². The van der Waals surface area contributed by atoms with E-state index in [1.165, 1.54) is 12.1 Å². The molecular formula is C12H18F2N4O2. The minimum atomic E-state index is -2.84. The average molecular weight is 288 g/mol. The van der Waals surface area contributed by atoms with Gasteiger partial charge < -0.3 is 14.8 Å². The number of guanidine groups is 1. The van der Waals surface area contributed by atoms with Crippen molar-refractivity contribution >= 4 is 11.6 Å². The van der Waals surface area contributed by atoms with E-state index >= 15 is 0 Å². The van der Waals surface area contributed by atoms with Gasteiger partial charge in [0.05, 0.1) is 12.6 Å². The van der Waals surface area contributed by atoms with E-state index in [-0.39, 0.29) is 11.8 Å². The van der Waals surface area contributed by atoms with E-state index in [2.05, 4.69) is 20.5 Å². The van der Waals surface area contributed by atoms with Gasteiger partial charge in [-0.2, -0.15) is 8.78 Å². The zero-order valence-electron chi connectivity index (χ0n) is 11.3. The zero-order chi connectivity index (χ0) is 15.0. The molecule has 0 bridgehead atoms. The van der Waals surface area contributed by atoms with Gasteiger partial charge in [-0.25, -0.2) is 10.8 Å². The van der Waals surface area contributed by atoms with Crippen LogP contribution in [0, 0.1) is 0 Å². The van der Waals surface area contributed by atoms with E-state index in [1.807, 2.05) is 6.92 Å². The molecule has 0 aliphatic rings. The highest BCUT2D eigenvalue weighted by molar-refractivity contribution is 5.93. The molecule has 0 spiro atoms. The fourth-order valence-electron chi connectivity index (χ4n) is 1.46. The molecule has 1 aromatic carbocycles. The molecule has 0 aliphatic carbocycles. The highest BCUT2D eigenvalue weighted by atomic mass is 19.3. The van der Waals surface area contributed by atoms with Gasteiger partial charge in [0.25, 0.3) is 0 Å². The molecule has 0 amide bonds. The molecule has 0 radical (unpaired) electrons. The number of methoxy groups -OCH3 is 1. The van der Waals surface area contributed by atoms with E-state index in [0.717, 1.165) is 0 Å². The van der Waals surface area contributed by atoms with E-state index in [0.29, 0.717) is 18.3 Å². The molecule has 8 heteroatoms. The lowest BCUT2D eigenvalue weighted by Crippen LogP contribution is -2.37. The maximum Gasteiger partial charge on any atom is 0.387 e. The molecule has 1 unspecified atom stereocenters. The van der Waals surface area contributed by atoms with Crippen LogP contribution in [-0.2, 0) is 4.74 Å². The monoisotopic (exact) mass is 288 g/mol. The number of nitrogens with zero attached hydrogens (tertiary/aromatic N) is 1. The Morgan fingerprint density at radius 1 is 1.35 bits per heavy atom. The van der Waals surface area contributed by atoms with Crippen LogP contribution in [0.15, 0.2) is 29.3 Å². The molecule has 0 aliphatic heterocycles. The molecule has 20 heavy (non-hydrogen) atoms. The molecule has 1 rings (SSSR count). The SMILES string of the molecule is COCC(C)N=C(NN)Nc1ccc(OC(F)F)cc1. The molecule has 0 fully saturated rings. The van der Waals surface area contributed by atoms with Crippen LogP contribution in [-0.4, -0.2) is 32.3 Å². The number of aliphatic imine (C=N–C) groups is 1. The Morgan fingerprint density at radius 3 is 2.50 bits per heavy atom. The van der Waals surface area contributed by atoms with Crippen molar-refractivity contribution in [2.24, 2.45) is 10.8 Å². The predicted octanol–water partition coefficient (Wildman–Crippen LogP) is 1.55. The van der Waals surface area contributed by atoms with Gasteiger partial charge in [0.1, 0.15) is 5.75 Å². The smallest absolute Gasteiger partial charge is 0.387 e. The Morgan fingerprint density at radius 2 is 2.00 bits per heavy atom. The highest BCUT2D eigenvalue weighted by Gasteiger charge is 2.05. The average Bonchev–Trinajstić information content (AvgIpc) is 2.40. The Balaban J connectivity index is 2.65. The summed E-state index contributed by atoms with van der Waals surface area (Å²) in [6, 6.07) is 5.90. The van der Waals surface area contributed by atoms with Crippen LogP contribution in [0.1, 0.15) is 6.92 Å². The van der Waals surface area contributed by atoms with Crippen molar-refractivity contribution < 1.29 is 18.3 Å². The quantitative estimate of drug-likeness (QED) is 0.320. The van der Waals surface area contributed by atoms with Gasteiger partial charge in [0.2, 0.25) is 5.96 Å². The van der Waals surface area contributed by atoms with E-state index in [1.54, 1.807) is 19.2 Å². The second-order valence-corrected chi connectivity index (χ2v) is 3.95. The van der Waals surface area contributed by atoms with Gasteiger partial charge in [-0.05, 0) is 31.2 Å². The Bertz CT molecular complexity index is 426. The Kier molecular flexibility index (Phi) is 6.68. The summed E-state index contributed by atoms with van der Waals surface area (Å²) in [5, 5.41) is 2.91. The highest BCUT2D eigenvalue weighted by Crippen LogP contribution is 2.17. The molecular weight excluding hydrogens is 270 g/mol. The van der Waals surface area contributed by atoms with Crippen molar-refractivity contribution in [2.75, 3.05) is 19.0 Å². The number of nitrogens with one attached hydrogen (secondary N) is 2. The van der Waals surface area contributed by atoms with Gasteiger partial charge in [0, 0.05) is 12.8 Å². The van der Waals surface area contributed by atoms with Crippen molar-refractivity contribution in [2.45, 2.75) is 19.6 Å². The molecule has 0 heterocycles. The van der Waals surface area contributed by atoms with Crippen LogP contribution in [0.4, 0.5) is 14.5 Å². The topological polar surface area (TPSA) is 80.9 Å². The third-order valence-corrected chi connectivity index (χ3v) is 2.24. The summed E-state index contributed by atoms with van der Waals surface area (Å²) in [6.07, 6.45) is 0. The van der Waals surface area contributed by atoms with Crippen molar-refractivity contribution in [1.82, 2.24) is 5.43 Å². The number of halogens is 2. The summed E-state index contributed by atoms with van der Waals surface area (Å²) in [7, 11) is 1.58. The number of hydrogen-bond donors (Lipinski definition) is 3. The summed E-state index contributed by atoms with van der Waals surface area (Å²) >= 11 is 0. The van der Waals surface area contributed by atoms with Gasteiger partial charge in [-0.3, -0.25) is 5.43 Å². The van der Waals surface area contributed by atoms with Gasteiger partial charge in [0.15, 0.2) is 0 Å². The first-order valence-electron chi connectivity index (χ1n) is 5.90. The molecule has 112 valence electrons. The lowest BCUT2D eigenvalue weighted by Gasteiger charge is -2.12. The van der Waals surface area contributed by atoms with E-state index in [4.69, 9.17) is 10.6 Å². The van der Waals surface area contributed by atoms with Crippen molar-refractivity contribution in [3.05, 3.63) is 24.3 Å². The Labute approximate surface area is 115 Å². The van der Waals surface area contributed by atoms with Crippen LogP contribution < -0.4 is 21.3 Å². The molecule has 6 nitrogen and oxygen atoms in total. The first-order valence-corrected chi connectivity index (χ1v) is 5.90. The predicted molar refractivity (Wildman–Crippen MR) is 72.8 cm³/mol. The molecule has 0 aromatic heterocycles. The molecule has 0 saturated carbocycles. The van der Waals surface area contributed by atoms with Gasteiger partial charge in [-0.15, -0.1) is 0 Å². The lowest BCUT2D eigenvalue weighted by molar-refractivity contribution is -0.0498. The van der Waals surface area contributed by atoms with E-state index in [9.17, 15) is 8.78 Å². The molecule has 1 atom stereocenters. The second-order valence-electron chi connectivity index (χ2n) is 3.95. The normalized spacial score (nSPS) is 13.2. The summed E-state index contributed by atoms with van der Waals surface area (Å²) in [5.41, 5.74) is 3.05. The first kappa shape index (κ1) is 16.1. The number of anilines is 1. The molecule has 0 saturated heterocycles. The van der Waals surface area contributed by atoms with Crippen molar-refractivity contribution in [1.29, 1.82) is 0 Å². The standard InChI is InChI=1S/C12H18F2N4O2/c1-8(7-19-2)16-12(18-15)17-9-3-5-10(6-4-9)20-11(13)14/h3-6,8,11H,7,15H2,1-2H3,(H2,16,17,18). The van der Waals surface area contributed by atoms with Crippen molar-refractivity contribution in [3.8, 4) is 5.75 Å². The van der Waals surface area contributed by atoms with Crippen LogP contribution >= 0.6 is 0 Å². The number of nitrogens with two attached hydrogens (primary N) is 1. The summed E-state index contributed by atoms with van der Waals surface area (Å²) in [5.74, 6) is 5.78. The minimum Gasteiger partial charge on any atom is -0.435 e. The maximum atomic E-state index is 12.0. The van der Waals surface area contributed by atoms with Crippen LogP contribution in [0.5, 0.6) is 5.75 Å². The minimum absolute atomic E-state index is 0.0810. The fraction of sp³-hybridized carbons (Fsp3) is 0.417. The summed E-state index contributed by atoms with van der Waals surface area (Å²) in [4.78, 5) is 4.24. The van der Waals surface area contributed by atoms with E-state index < -0.39 is 6.61 Å². The molecule has 4 N–H and O–H groups in total. The van der Waals surface area contributed by atoms with Crippen LogP contribution in [0.3, 0.4) is 0 Å². The summed E-state index contributed by atoms with van der Waals surface area (Å²) < 4.78 is 33.2. The third-order valence-electron chi connectivity index (χ3n) is 2.24. The number of hydrazine groups is 1. The first-order chi connectivity index (χ1) is 9.55. The largest absolute Gasteiger partial charge is 0.435 e. The lowest BCUT2D eigenvalue weighted by atomic mass is 10.3.